The monoisotopic (exact) mass is 249 g/mol. The van der Waals surface area contributed by atoms with Crippen LogP contribution in [0.3, 0.4) is 0 Å². The normalized spacial score (nSPS) is 32.8. The summed E-state index contributed by atoms with van der Waals surface area (Å²) in [5, 5.41) is 5.89. The number of likely N-dealkylation sites (tertiary alicyclic amines) is 1. The first kappa shape index (κ1) is 12.7. The molecular weight excluding hydrogens is 232 g/mol. The van der Waals surface area contributed by atoms with Gasteiger partial charge in [0.25, 0.3) is 5.92 Å². The van der Waals surface area contributed by atoms with Crippen molar-refractivity contribution in [3.8, 4) is 0 Å². The van der Waals surface area contributed by atoms with Gasteiger partial charge < -0.3 is 15.0 Å². The Morgan fingerprint density at radius 3 is 2.82 bits per heavy atom. The molecule has 2 N–H and O–H groups in total. The van der Waals surface area contributed by atoms with Crippen molar-refractivity contribution in [3.63, 3.8) is 0 Å². The predicted molar refractivity (Wildman–Crippen MR) is 56.7 cm³/mol. The van der Waals surface area contributed by atoms with Crippen molar-refractivity contribution in [2.24, 2.45) is 0 Å². The van der Waals surface area contributed by atoms with Crippen LogP contribution in [0.5, 0.6) is 0 Å². The van der Waals surface area contributed by atoms with E-state index in [9.17, 15) is 13.6 Å². The van der Waals surface area contributed by atoms with Crippen molar-refractivity contribution in [1.82, 2.24) is 15.5 Å². The maximum Gasteiger partial charge on any atom is 0.290 e. The Labute approximate surface area is 98.5 Å². The van der Waals surface area contributed by atoms with Gasteiger partial charge in [0, 0.05) is 26.9 Å². The molecule has 1 amide bonds. The summed E-state index contributed by atoms with van der Waals surface area (Å²) in [5.41, 5.74) is 0. The Morgan fingerprint density at radius 2 is 2.29 bits per heavy atom. The lowest BCUT2D eigenvalue weighted by molar-refractivity contribution is -0.173. The molecule has 0 bridgehead atoms. The van der Waals surface area contributed by atoms with E-state index in [2.05, 4.69) is 10.6 Å². The van der Waals surface area contributed by atoms with Crippen LogP contribution in [-0.2, 0) is 9.53 Å². The summed E-state index contributed by atoms with van der Waals surface area (Å²) < 4.78 is 32.0. The molecule has 0 aromatic heterocycles. The molecule has 0 radical (unpaired) electrons. The summed E-state index contributed by atoms with van der Waals surface area (Å²) in [6, 6.07) is -0.384. The van der Waals surface area contributed by atoms with E-state index >= 15 is 0 Å². The number of carbonyl (C=O) groups excluding carboxylic acids is 1. The van der Waals surface area contributed by atoms with Crippen molar-refractivity contribution in [3.05, 3.63) is 0 Å². The van der Waals surface area contributed by atoms with Crippen molar-refractivity contribution in [1.29, 1.82) is 0 Å². The van der Waals surface area contributed by atoms with E-state index in [4.69, 9.17) is 4.74 Å². The zero-order valence-electron chi connectivity index (χ0n) is 9.71. The molecule has 2 heterocycles. The first-order valence-corrected chi connectivity index (χ1v) is 5.68. The number of halogens is 2. The third kappa shape index (κ3) is 2.56. The molecule has 0 aromatic carbocycles. The fourth-order valence-electron chi connectivity index (χ4n) is 2.28. The molecule has 1 unspecified atom stereocenters. The Hall–Kier alpha value is -0.790. The summed E-state index contributed by atoms with van der Waals surface area (Å²) >= 11 is 0. The van der Waals surface area contributed by atoms with Crippen molar-refractivity contribution in [2.45, 2.75) is 24.5 Å². The SMILES string of the molecule is CO[C@H]1CCN(C(=O)C2CNCN2)CC1(F)F. The molecule has 2 aliphatic rings. The van der Waals surface area contributed by atoms with E-state index in [-0.39, 0.29) is 18.4 Å². The number of alkyl halides is 2. The van der Waals surface area contributed by atoms with Crippen molar-refractivity contribution >= 4 is 5.91 Å². The summed E-state index contributed by atoms with van der Waals surface area (Å²) in [6.45, 7) is 0.809. The zero-order chi connectivity index (χ0) is 12.5. The number of hydrogen-bond donors (Lipinski definition) is 2. The summed E-state index contributed by atoms with van der Waals surface area (Å²) in [7, 11) is 1.28. The van der Waals surface area contributed by atoms with Crippen molar-refractivity contribution < 1.29 is 18.3 Å². The van der Waals surface area contributed by atoms with Crippen LogP contribution in [0.4, 0.5) is 8.78 Å². The number of methoxy groups -OCH3 is 1. The number of amides is 1. The standard InChI is InChI=1S/C10H17F2N3O2/c1-17-8-2-3-15(5-10(8,11)12)9(16)7-4-13-6-14-7/h7-8,13-14H,2-6H2,1H3/t7?,8-/m0/s1. The average Bonchev–Trinajstić information content (AvgIpc) is 2.80. The van der Waals surface area contributed by atoms with E-state index in [0.717, 1.165) is 0 Å². The molecule has 2 atom stereocenters. The third-order valence-corrected chi connectivity index (χ3v) is 3.25. The predicted octanol–water partition coefficient (Wildman–Crippen LogP) is -0.612. The lowest BCUT2D eigenvalue weighted by Gasteiger charge is -2.38. The minimum absolute atomic E-state index is 0.176. The smallest absolute Gasteiger partial charge is 0.290 e. The topological polar surface area (TPSA) is 53.6 Å². The lowest BCUT2D eigenvalue weighted by atomic mass is 10.0. The highest BCUT2D eigenvalue weighted by molar-refractivity contribution is 5.82. The zero-order valence-corrected chi connectivity index (χ0v) is 9.71. The molecule has 0 spiro atoms. The highest BCUT2D eigenvalue weighted by Gasteiger charge is 2.47. The first-order valence-electron chi connectivity index (χ1n) is 5.68. The molecule has 2 fully saturated rings. The van der Waals surface area contributed by atoms with Gasteiger partial charge in [0.15, 0.2) is 0 Å². The average molecular weight is 249 g/mol. The van der Waals surface area contributed by atoms with Gasteiger partial charge in [-0.15, -0.1) is 0 Å². The van der Waals surface area contributed by atoms with Gasteiger partial charge in [-0.25, -0.2) is 8.78 Å². The minimum Gasteiger partial charge on any atom is -0.375 e. The maximum absolute atomic E-state index is 13.6. The minimum atomic E-state index is -2.96. The number of carbonyl (C=O) groups is 1. The number of rotatable bonds is 2. The molecule has 2 rings (SSSR count). The highest BCUT2D eigenvalue weighted by atomic mass is 19.3. The quantitative estimate of drug-likeness (QED) is 0.685. The summed E-state index contributed by atoms with van der Waals surface area (Å²) in [4.78, 5) is 13.2. The van der Waals surface area contributed by atoms with Crippen LogP contribution in [0.2, 0.25) is 0 Å². The van der Waals surface area contributed by atoms with Crippen LogP contribution in [0, 0.1) is 0 Å². The molecule has 0 aromatic rings. The second-order valence-electron chi connectivity index (χ2n) is 4.42. The number of hydrogen-bond acceptors (Lipinski definition) is 4. The summed E-state index contributed by atoms with van der Waals surface area (Å²) in [5.74, 6) is -3.22. The molecule has 2 saturated heterocycles. The van der Waals surface area contributed by atoms with Crippen LogP contribution >= 0.6 is 0 Å². The first-order chi connectivity index (χ1) is 8.04. The summed E-state index contributed by atoms with van der Waals surface area (Å²) in [6.07, 6.45) is -0.906. The van der Waals surface area contributed by atoms with Gasteiger partial charge in [0.05, 0.1) is 6.54 Å². The molecule has 5 nitrogen and oxygen atoms in total. The van der Waals surface area contributed by atoms with Gasteiger partial charge >= 0.3 is 0 Å². The van der Waals surface area contributed by atoms with Crippen LogP contribution in [0.15, 0.2) is 0 Å². The fourth-order valence-corrected chi connectivity index (χ4v) is 2.28. The molecule has 0 aliphatic carbocycles. The molecule has 0 saturated carbocycles. The number of nitrogens with one attached hydrogen (secondary N) is 2. The largest absolute Gasteiger partial charge is 0.375 e. The Bertz CT molecular complexity index is 295. The molecule has 2 aliphatic heterocycles. The highest BCUT2D eigenvalue weighted by Crippen LogP contribution is 2.29. The van der Waals surface area contributed by atoms with Crippen molar-refractivity contribution in [2.75, 3.05) is 33.4 Å². The van der Waals surface area contributed by atoms with Crippen LogP contribution in [0.25, 0.3) is 0 Å². The molecule has 98 valence electrons. The third-order valence-electron chi connectivity index (χ3n) is 3.25. The fraction of sp³-hybridized carbons (Fsp3) is 0.900. The Balaban J connectivity index is 1.97. The van der Waals surface area contributed by atoms with Crippen LogP contribution in [0.1, 0.15) is 6.42 Å². The van der Waals surface area contributed by atoms with Crippen LogP contribution in [-0.4, -0.2) is 62.3 Å². The van der Waals surface area contributed by atoms with E-state index in [1.54, 1.807) is 0 Å². The van der Waals surface area contributed by atoms with Gasteiger partial charge in [-0.3, -0.25) is 10.1 Å². The van der Waals surface area contributed by atoms with E-state index in [1.807, 2.05) is 0 Å². The van der Waals surface area contributed by atoms with E-state index in [0.29, 0.717) is 19.8 Å². The van der Waals surface area contributed by atoms with Crippen LogP contribution < -0.4 is 10.6 Å². The van der Waals surface area contributed by atoms with Gasteiger partial charge in [-0.05, 0) is 6.42 Å². The molecular formula is C10H17F2N3O2. The number of nitrogens with zero attached hydrogens (tertiary/aromatic N) is 1. The lowest BCUT2D eigenvalue weighted by Crippen LogP contribution is -2.57. The second kappa shape index (κ2) is 4.83. The van der Waals surface area contributed by atoms with E-state index in [1.165, 1.54) is 12.0 Å². The Morgan fingerprint density at radius 1 is 1.53 bits per heavy atom. The number of piperidine rings is 1. The maximum atomic E-state index is 13.6. The van der Waals surface area contributed by atoms with Gasteiger partial charge in [0.1, 0.15) is 12.1 Å². The van der Waals surface area contributed by atoms with E-state index < -0.39 is 18.6 Å². The molecule has 17 heavy (non-hydrogen) atoms. The van der Waals surface area contributed by atoms with Gasteiger partial charge in [0.2, 0.25) is 5.91 Å². The Kier molecular flexibility index (Phi) is 3.60. The number of ether oxygens (including phenoxy) is 1. The van der Waals surface area contributed by atoms with Gasteiger partial charge in [-0.1, -0.05) is 0 Å². The second-order valence-corrected chi connectivity index (χ2v) is 4.42. The van der Waals surface area contributed by atoms with Gasteiger partial charge in [-0.2, -0.15) is 0 Å². The molecule has 7 heteroatoms.